The summed E-state index contributed by atoms with van der Waals surface area (Å²) in [5, 5.41) is 11.1. The summed E-state index contributed by atoms with van der Waals surface area (Å²) in [6.07, 6.45) is 0.604. The third kappa shape index (κ3) is 2.81. The molecule has 7 heteroatoms. The second kappa shape index (κ2) is 6.02. The minimum absolute atomic E-state index is 0.137. The first-order valence-electron chi connectivity index (χ1n) is 5.39. The number of para-hydroxylation sites is 1. The second-order valence-corrected chi connectivity index (χ2v) is 4.92. The second-order valence-electron chi connectivity index (χ2n) is 3.72. The Morgan fingerprint density at radius 1 is 1.25 bits per heavy atom. The summed E-state index contributed by atoms with van der Waals surface area (Å²) in [4.78, 5) is 21.3. The van der Waals surface area contributed by atoms with Crippen molar-refractivity contribution in [3.05, 3.63) is 61.6 Å². The number of carbonyl (C=O) groups excluding carboxylic acids is 1. The van der Waals surface area contributed by atoms with Gasteiger partial charge in [-0.2, -0.15) is 0 Å². The average molecular weight is 357 g/mol. The predicted molar refractivity (Wildman–Crippen MR) is 77.7 cm³/mol. The Morgan fingerprint density at radius 2 is 1.95 bits per heavy atom. The molecule has 0 aliphatic heterocycles. The van der Waals surface area contributed by atoms with Crippen LogP contribution in [0.3, 0.4) is 0 Å². The number of aldehydes is 1. The zero-order valence-electron chi connectivity index (χ0n) is 9.88. The zero-order chi connectivity index (χ0) is 14.7. The first kappa shape index (κ1) is 14.5. The van der Waals surface area contributed by atoms with Crippen molar-refractivity contribution in [3.63, 3.8) is 0 Å². The highest BCUT2D eigenvalue weighted by molar-refractivity contribution is 9.10. The van der Waals surface area contributed by atoms with Crippen LogP contribution in [0.5, 0.6) is 11.5 Å². The highest BCUT2D eigenvalue weighted by Gasteiger charge is 2.18. The number of rotatable bonds is 4. The van der Waals surface area contributed by atoms with Crippen molar-refractivity contribution in [1.82, 2.24) is 0 Å². The van der Waals surface area contributed by atoms with Crippen LogP contribution in [0.25, 0.3) is 0 Å². The molecule has 0 amide bonds. The van der Waals surface area contributed by atoms with Gasteiger partial charge in [0.25, 0.3) is 5.69 Å². The van der Waals surface area contributed by atoms with Crippen LogP contribution < -0.4 is 4.74 Å². The van der Waals surface area contributed by atoms with Crippen molar-refractivity contribution < 1.29 is 14.5 Å². The lowest BCUT2D eigenvalue weighted by Crippen LogP contribution is -1.95. The molecule has 20 heavy (non-hydrogen) atoms. The van der Waals surface area contributed by atoms with Crippen LogP contribution in [0, 0.1) is 10.1 Å². The van der Waals surface area contributed by atoms with Crippen LogP contribution in [-0.2, 0) is 0 Å². The first-order valence-corrected chi connectivity index (χ1v) is 6.56. The minimum atomic E-state index is -0.538. The first-order chi connectivity index (χ1) is 9.54. The van der Waals surface area contributed by atoms with E-state index in [1.807, 2.05) is 0 Å². The van der Waals surface area contributed by atoms with Gasteiger partial charge in [-0.25, -0.2) is 0 Å². The van der Waals surface area contributed by atoms with E-state index >= 15 is 0 Å². The number of hydrogen-bond acceptors (Lipinski definition) is 4. The number of halogens is 2. The van der Waals surface area contributed by atoms with Crippen molar-refractivity contribution in [2.45, 2.75) is 0 Å². The smallest absolute Gasteiger partial charge is 0.287 e. The Bertz CT molecular complexity index is 690. The molecule has 0 atom stereocenters. The molecule has 5 nitrogen and oxygen atoms in total. The molecular formula is C13H7BrClNO4. The number of nitro benzene ring substituents is 1. The van der Waals surface area contributed by atoms with Gasteiger partial charge in [-0.3, -0.25) is 14.9 Å². The van der Waals surface area contributed by atoms with Gasteiger partial charge < -0.3 is 4.74 Å². The lowest BCUT2D eigenvalue weighted by atomic mass is 10.2. The molecule has 0 bridgehead atoms. The molecule has 0 fully saturated rings. The zero-order valence-corrected chi connectivity index (χ0v) is 12.2. The Kier molecular flexibility index (Phi) is 4.36. The van der Waals surface area contributed by atoms with E-state index in [1.165, 1.54) is 18.2 Å². The molecule has 2 aromatic carbocycles. The SMILES string of the molecule is O=Cc1cccc(Cl)c1Oc1cccc([N+](=O)[O-])c1Br. The highest BCUT2D eigenvalue weighted by atomic mass is 79.9. The summed E-state index contributed by atoms with van der Waals surface area (Å²) in [6.45, 7) is 0. The van der Waals surface area contributed by atoms with Crippen LogP contribution in [0.1, 0.15) is 10.4 Å². The van der Waals surface area contributed by atoms with E-state index in [0.717, 1.165) is 0 Å². The lowest BCUT2D eigenvalue weighted by molar-refractivity contribution is -0.385. The van der Waals surface area contributed by atoms with Crippen molar-refractivity contribution >= 4 is 39.5 Å². The van der Waals surface area contributed by atoms with Crippen LogP contribution in [0.15, 0.2) is 40.9 Å². The van der Waals surface area contributed by atoms with E-state index in [9.17, 15) is 14.9 Å². The van der Waals surface area contributed by atoms with Crippen molar-refractivity contribution in [1.29, 1.82) is 0 Å². The van der Waals surface area contributed by atoms with Gasteiger partial charge in [-0.05, 0) is 34.1 Å². The Balaban J connectivity index is 2.48. The fourth-order valence-corrected chi connectivity index (χ4v) is 2.27. The maximum absolute atomic E-state index is 11.0. The Labute approximate surface area is 127 Å². The van der Waals surface area contributed by atoms with E-state index < -0.39 is 4.92 Å². The van der Waals surface area contributed by atoms with Crippen LogP contribution >= 0.6 is 27.5 Å². The normalized spacial score (nSPS) is 10.1. The largest absolute Gasteiger partial charge is 0.454 e. The highest BCUT2D eigenvalue weighted by Crippen LogP contribution is 2.39. The summed E-state index contributed by atoms with van der Waals surface area (Å²) in [5.41, 5.74) is 0.123. The van der Waals surface area contributed by atoms with Gasteiger partial charge in [0.1, 0.15) is 10.2 Å². The van der Waals surface area contributed by atoms with Gasteiger partial charge in [-0.15, -0.1) is 0 Å². The van der Waals surface area contributed by atoms with Crippen molar-refractivity contribution in [2.75, 3.05) is 0 Å². The molecule has 2 rings (SSSR count). The molecule has 0 heterocycles. The maximum atomic E-state index is 11.0. The van der Waals surface area contributed by atoms with Gasteiger partial charge >= 0.3 is 0 Å². The maximum Gasteiger partial charge on any atom is 0.287 e. The van der Waals surface area contributed by atoms with Gasteiger partial charge in [0.2, 0.25) is 0 Å². The number of ether oxygens (including phenoxy) is 1. The van der Waals surface area contributed by atoms with E-state index in [2.05, 4.69) is 15.9 Å². The average Bonchev–Trinajstić information content (AvgIpc) is 2.42. The van der Waals surface area contributed by atoms with E-state index in [4.69, 9.17) is 16.3 Å². The Hall–Kier alpha value is -1.92. The molecule has 0 radical (unpaired) electrons. The number of nitrogens with zero attached hydrogens (tertiary/aromatic N) is 1. The fourth-order valence-electron chi connectivity index (χ4n) is 1.55. The van der Waals surface area contributed by atoms with Crippen molar-refractivity contribution in [3.8, 4) is 11.5 Å². The van der Waals surface area contributed by atoms with Gasteiger partial charge in [0.15, 0.2) is 12.0 Å². The monoisotopic (exact) mass is 355 g/mol. The summed E-state index contributed by atoms with van der Waals surface area (Å²) in [6, 6.07) is 9.07. The molecule has 0 aliphatic rings. The molecule has 0 N–H and O–H groups in total. The topological polar surface area (TPSA) is 69.4 Å². The summed E-state index contributed by atoms with van der Waals surface area (Å²) >= 11 is 9.09. The number of nitro groups is 1. The van der Waals surface area contributed by atoms with Crippen molar-refractivity contribution in [2.24, 2.45) is 0 Å². The summed E-state index contributed by atoms with van der Waals surface area (Å²) in [7, 11) is 0. The number of benzene rings is 2. The molecule has 102 valence electrons. The van der Waals surface area contributed by atoms with E-state index in [1.54, 1.807) is 18.2 Å². The van der Waals surface area contributed by atoms with Crippen LogP contribution in [0.4, 0.5) is 5.69 Å². The minimum Gasteiger partial charge on any atom is -0.454 e. The summed E-state index contributed by atoms with van der Waals surface area (Å²) in [5.74, 6) is 0.362. The summed E-state index contributed by atoms with van der Waals surface area (Å²) < 4.78 is 5.72. The quantitative estimate of drug-likeness (QED) is 0.455. The molecule has 0 spiro atoms. The van der Waals surface area contributed by atoms with Gasteiger partial charge in [-0.1, -0.05) is 23.7 Å². The molecular weight excluding hydrogens is 350 g/mol. The molecule has 0 saturated carbocycles. The molecule has 2 aromatic rings. The fraction of sp³-hybridized carbons (Fsp3) is 0. The lowest BCUT2D eigenvalue weighted by Gasteiger charge is -2.11. The molecule has 0 unspecified atom stereocenters. The predicted octanol–water partition coefficient (Wildman–Crippen LogP) is 4.62. The van der Waals surface area contributed by atoms with E-state index in [0.29, 0.717) is 6.29 Å². The van der Waals surface area contributed by atoms with Crippen LogP contribution in [-0.4, -0.2) is 11.2 Å². The molecule has 0 aromatic heterocycles. The Morgan fingerprint density at radius 3 is 2.60 bits per heavy atom. The molecule has 0 saturated heterocycles. The third-order valence-corrected chi connectivity index (χ3v) is 3.57. The third-order valence-electron chi connectivity index (χ3n) is 2.48. The van der Waals surface area contributed by atoms with Gasteiger partial charge in [0.05, 0.1) is 15.5 Å². The van der Waals surface area contributed by atoms with Gasteiger partial charge in [0, 0.05) is 6.07 Å². The number of carbonyl (C=O) groups is 1. The van der Waals surface area contributed by atoms with Crippen LogP contribution in [0.2, 0.25) is 5.02 Å². The standard InChI is InChI=1S/C13H7BrClNO4/c14-12-10(16(18)19)5-2-6-11(12)20-13-8(7-17)3-1-4-9(13)15/h1-7H. The van der Waals surface area contributed by atoms with E-state index in [-0.39, 0.29) is 32.2 Å². The number of hydrogen-bond donors (Lipinski definition) is 0. The molecule has 0 aliphatic carbocycles.